The van der Waals surface area contributed by atoms with E-state index in [1.54, 1.807) is 0 Å². The lowest BCUT2D eigenvalue weighted by molar-refractivity contribution is -0.174. The van der Waals surface area contributed by atoms with Gasteiger partial charge in [-0.3, -0.25) is 0 Å². The molecule has 1 aromatic heterocycles. The lowest BCUT2D eigenvalue weighted by Crippen LogP contribution is -2.17. The highest BCUT2D eigenvalue weighted by molar-refractivity contribution is 5.89. The van der Waals surface area contributed by atoms with Crippen LogP contribution in [-0.2, 0) is 17.5 Å². The van der Waals surface area contributed by atoms with E-state index >= 15 is 0 Å². The van der Waals surface area contributed by atoms with Gasteiger partial charge < -0.3 is 14.4 Å². The molecule has 0 aliphatic heterocycles. The number of hydrogen-bond donors (Lipinski definition) is 1. The molecule has 21 heavy (non-hydrogen) atoms. The molecule has 0 aromatic carbocycles. The molecule has 0 fully saturated rings. The minimum absolute atomic E-state index is 0.0150. The zero-order valence-electron chi connectivity index (χ0n) is 10.5. The summed E-state index contributed by atoms with van der Waals surface area (Å²) < 4.78 is 78.3. The average molecular weight is 319 g/mol. The number of aromatic carboxylic acids is 1. The summed E-state index contributed by atoms with van der Waals surface area (Å²) >= 11 is 0. The number of carboxylic acid groups (broad SMARTS) is 1. The van der Waals surface area contributed by atoms with Crippen LogP contribution < -0.4 is 0 Å². The van der Waals surface area contributed by atoms with Gasteiger partial charge in [0.15, 0.2) is 0 Å². The Labute approximate surface area is 114 Å². The Kier molecular flexibility index (Phi) is 5.26. The molecule has 1 aromatic rings. The van der Waals surface area contributed by atoms with E-state index in [0.29, 0.717) is 6.20 Å². The number of carbonyl (C=O) groups is 1. The maximum atomic E-state index is 12.6. The van der Waals surface area contributed by atoms with Gasteiger partial charge in [-0.05, 0) is 6.42 Å². The van der Waals surface area contributed by atoms with Crippen LogP contribution in [0.1, 0.15) is 22.3 Å². The van der Waals surface area contributed by atoms with Crippen molar-refractivity contribution in [1.82, 2.24) is 4.57 Å². The Hall–Kier alpha value is -1.71. The Morgan fingerprint density at radius 2 is 1.81 bits per heavy atom. The first-order chi connectivity index (χ1) is 9.50. The quantitative estimate of drug-likeness (QED) is 0.647. The first kappa shape index (κ1) is 17.3. The molecule has 0 radical (unpaired) electrons. The van der Waals surface area contributed by atoms with Gasteiger partial charge in [-0.25, -0.2) is 4.79 Å². The normalized spacial score (nSPS) is 12.7. The lowest BCUT2D eigenvalue weighted by atomic mass is 10.2. The fourth-order valence-electron chi connectivity index (χ4n) is 1.57. The van der Waals surface area contributed by atoms with Gasteiger partial charge in [0.2, 0.25) is 0 Å². The Morgan fingerprint density at radius 1 is 1.19 bits per heavy atom. The number of nitrogens with zero attached hydrogens (tertiary/aromatic N) is 1. The third-order valence-electron chi connectivity index (χ3n) is 2.39. The van der Waals surface area contributed by atoms with E-state index in [0.717, 1.165) is 10.8 Å². The summed E-state index contributed by atoms with van der Waals surface area (Å²) in [5, 5.41) is 8.68. The molecule has 0 atom stereocenters. The SMILES string of the molecule is O=C(O)c1cn(CCCOCC(F)(F)F)cc1C(F)(F)F. The average Bonchev–Trinajstić information content (AvgIpc) is 2.71. The maximum Gasteiger partial charge on any atom is 0.418 e. The molecule has 0 spiro atoms. The van der Waals surface area contributed by atoms with E-state index in [-0.39, 0.29) is 19.6 Å². The van der Waals surface area contributed by atoms with Gasteiger partial charge in [0.1, 0.15) is 6.61 Å². The third-order valence-corrected chi connectivity index (χ3v) is 2.39. The molecule has 0 saturated carbocycles. The molecule has 0 saturated heterocycles. The monoisotopic (exact) mass is 319 g/mol. The van der Waals surface area contributed by atoms with Crippen molar-refractivity contribution in [3.63, 3.8) is 0 Å². The van der Waals surface area contributed by atoms with Gasteiger partial charge >= 0.3 is 18.3 Å². The van der Waals surface area contributed by atoms with E-state index in [2.05, 4.69) is 4.74 Å². The molecule has 0 aliphatic carbocycles. The number of alkyl halides is 6. The summed E-state index contributed by atoms with van der Waals surface area (Å²) in [4.78, 5) is 10.7. The van der Waals surface area contributed by atoms with Crippen LogP contribution in [-0.4, -0.2) is 35.0 Å². The smallest absolute Gasteiger partial charge is 0.418 e. The van der Waals surface area contributed by atoms with E-state index in [1.165, 1.54) is 0 Å². The summed E-state index contributed by atoms with van der Waals surface area (Å²) in [6.07, 6.45) is -7.87. The van der Waals surface area contributed by atoms with Crippen LogP contribution in [0.2, 0.25) is 0 Å². The van der Waals surface area contributed by atoms with Crippen molar-refractivity contribution in [2.24, 2.45) is 0 Å². The first-order valence-corrected chi connectivity index (χ1v) is 5.65. The Balaban J connectivity index is 2.59. The largest absolute Gasteiger partial charge is 0.478 e. The van der Waals surface area contributed by atoms with Crippen LogP contribution in [0.3, 0.4) is 0 Å². The first-order valence-electron chi connectivity index (χ1n) is 5.65. The minimum Gasteiger partial charge on any atom is -0.478 e. The van der Waals surface area contributed by atoms with E-state index in [4.69, 9.17) is 5.11 Å². The molecule has 0 bridgehead atoms. The molecule has 1 heterocycles. The van der Waals surface area contributed by atoms with E-state index in [1.807, 2.05) is 0 Å². The number of aromatic nitrogens is 1. The minimum atomic E-state index is -4.81. The zero-order chi connectivity index (χ0) is 16.3. The van der Waals surface area contributed by atoms with Crippen LogP contribution in [0.15, 0.2) is 12.4 Å². The van der Waals surface area contributed by atoms with Crippen LogP contribution >= 0.6 is 0 Å². The van der Waals surface area contributed by atoms with Crippen molar-refractivity contribution in [1.29, 1.82) is 0 Å². The van der Waals surface area contributed by atoms with E-state index < -0.39 is 36.1 Å². The van der Waals surface area contributed by atoms with Gasteiger partial charge in [-0.1, -0.05) is 0 Å². The van der Waals surface area contributed by atoms with Gasteiger partial charge in [0.05, 0.1) is 11.1 Å². The molecule has 0 aliphatic rings. The van der Waals surface area contributed by atoms with Crippen molar-refractivity contribution >= 4 is 5.97 Å². The second kappa shape index (κ2) is 6.37. The molecule has 0 amide bonds. The number of rotatable bonds is 6. The van der Waals surface area contributed by atoms with E-state index in [9.17, 15) is 31.1 Å². The molecule has 1 N–H and O–H groups in total. The van der Waals surface area contributed by atoms with Crippen molar-refractivity contribution in [3.05, 3.63) is 23.5 Å². The number of ether oxygens (including phenoxy) is 1. The third kappa shape index (κ3) is 5.66. The fraction of sp³-hybridized carbons (Fsp3) is 0.545. The molecule has 10 heteroatoms. The molecule has 1 rings (SSSR count). The Bertz CT molecular complexity index is 491. The highest BCUT2D eigenvalue weighted by atomic mass is 19.4. The second-order valence-electron chi connectivity index (χ2n) is 4.15. The second-order valence-corrected chi connectivity index (χ2v) is 4.15. The lowest BCUT2D eigenvalue weighted by Gasteiger charge is -2.08. The highest BCUT2D eigenvalue weighted by Gasteiger charge is 2.36. The molecular formula is C11H11F6NO3. The maximum absolute atomic E-state index is 12.6. The van der Waals surface area contributed by atoms with Crippen LogP contribution in [0.4, 0.5) is 26.3 Å². The number of hydrogen-bond acceptors (Lipinski definition) is 2. The number of aryl methyl sites for hydroxylation is 1. The van der Waals surface area contributed by atoms with Crippen molar-refractivity contribution < 1.29 is 41.0 Å². The molecule has 0 unspecified atom stereocenters. The fourth-order valence-corrected chi connectivity index (χ4v) is 1.57. The predicted octanol–water partition coefficient (Wildman–Crippen LogP) is 3.17. The van der Waals surface area contributed by atoms with Gasteiger partial charge in [0.25, 0.3) is 0 Å². The summed E-state index contributed by atoms with van der Waals surface area (Å²) in [6, 6.07) is 0. The zero-order valence-corrected chi connectivity index (χ0v) is 10.5. The summed E-state index contributed by atoms with van der Waals surface area (Å²) in [7, 11) is 0. The van der Waals surface area contributed by atoms with Crippen LogP contribution in [0.5, 0.6) is 0 Å². The highest BCUT2D eigenvalue weighted by Crippen LogP contribution is 2.32. The van der Waals surface area contributed by atoms with Gasteiger partial charge in [0, 0.05) is 25.5 Å². The van der Waals surface area contributed by atoms with Crippen molar-refractivity contribution in [2.75, 3.05) is 13.2 Å². The predicted molar refractivity (Wildman–Crippen MR) is 57.9 cm³/mol. The van der Waals surface area contributed by atoms with Crippen LogP contribution in [0, 0.1) is 0 Å². The summed E-state index contributed by atoms with van der Waals surface area (Å²) in [6.45, 7) is -1.83. The standard InChI is InChI=1S/C11H11F6NO3/c12-10(13,14)6-21-3-1-2-18-4-7(9(19)20)8(5-18)11(15,16)17/h4-5H,1-3,6H2,(H,19,20). The number of halogens is 6. The Morgan fingerprint density at radius 3 is 2.24 bits per heavy atom. The van der Waals surface area contributed by atoms with Crippen molar-refractivity contribution in [3.8, 4) is 0 Å². The molecule has 120 valence electrons. The van der Waals surface area contributed by atoms with Gasteiger partial charge in [-0.2, -0.15) is 26.3 Å². The topological polar surface area (TPSA) is 51.5 Å². The van der Waals surface area contributed by atoms with Crippen molar-refractivity contribution in [2.45, 2.75) is 25.3 Å². The van der Waals surface area contributed by atoms with Gasteiger partial charge in [-0.15, -0.1) is 0 Å². The molecular weight excluding hydrogens is 308 g/mol. The van der Waals surface area contributed by atoms with Crippen LogP contribution in [0.25, 0.3) is 0 Å². The number of carboxylic acids is 1. The molecule has 4 nitrogen and oxygen atoms in total. The summed E-state index contributed by atoms with van der Waals surface area (Å²) in [5.74, 6) is -1.73. The summed E-state index contributed by atoms with van der Waals surface area (Å²) in [5.41, 5.74) is -2.20.